The summed E-state index contributed by atoms with van der Waals surface area (Å²) >= 11 is 4.37. The second kappa shape index (κ2) is 2.13. The molecule has 60 valence electrons. The second-order valence-corrected chi connectivity index (χ2v) is 4.94. The molecule has 2 nitrogen and oxygen atoms in total. The van der Waals surface area contributed by atoms with Crippen LogP contribution >= 0.6 is 12.6 Å². The van der Waals surface area contributed by atoms with Crippen LogP contribution in [-0.4, -0.2) is 33.6 Å². The Morgan fingerprint density at radius 1 is 1.50 bits per heavy atom. The highest BCUT2D eigenvalue weighted by molar-refractivity contribution is 7.81. The molecule has 1 rings (SSSR count). The highest BCUT2D eigenvalue weighted by atomic mass is 32.1. The Hall–Kier alpha value is 0.270. The van der Waals surface area contributed by atoms with E-state index in [0.29, 0.717) is 0 Å². The van der Waals surface area contributed by atoms with Crippen LogP contribution in [0.4, 0.5) is 0 Å². The normalized spacial score (nSPS) is 26.1. The summed E-state index contributed by atoms with van der Waals surface area (Å²) in [7, 11) is 0. The van der Waals surface area contributed by atoms with Gasteiger partial charge in [0, 0.05) is 13.1 Å². The molecule has 1 N–H and O–H groups in total. The lowest BCUT2D eigenvalue weighted by Gasteiger charge is -2.50. The van der Waals surface area contributed by atoms with Crippen molar-refractivity contribution in [2.24, 2.45) is 0 Å². The van der Waals surface area contributed by atoms with Gasteiger partial charge in [0.1, 0.15) is 0 Å². The standard InChI is InChI=1S/C7H15NOS/c1-6(2,10)8-4-7(3,9)5-8/h9-10H,4-5H2,1-3H3. The van der Waals surface area contributed by atoms with Gasteiger partial charge in [-0.2, -0.15) is 12.6 Å². The molecule has 3 heteroatoms. The number of hydrogen-bond donors (Lipinski definition) is 2. The maximum atomic E-state index is 9.37. The molecule has 1 heterocycles. The molecule has 1 aliphatic rings. The molecule has 0 amide bonds. The maximum Gasteiger partial charge on any atom is 0.0873 e. The van der Waals surface area contributed by atoms with Gasteiger partial charge in [0.05, 0.1) is 10.5 Å². The quantitative estimate of drug-likeness (QED) is 0.554. The lowest BCUT2D eigenvalue weighted by atomic mass is 9.95. The first-order valence-electron chi connectivity index (χ1n) is 3.51. The molecular formula is C7H15NOS. The summed E-state index contributed by atoms with van der Waals surface area (Å²) in [6, 6.07) is 0. The molecule has 10 heavy (non-hydrogen) atoms. The molecular weight excluding hydrogens is 146 g/mol. The van der Waals surface area contributed by atoms with Gasteiger partial charge in [-0.15, -0.1) is 0 Å². The fourth-order valence-electron chi connectivity index (χ4n) is 1.16. The van der Waals surface area contributed by atoms with E-state index in [4.69, 9.17) is 0 Å². The summed E-state index contributed by atoms with van der Waals surface area (Å²) in [4.78, 5) is 2.05. The van der Waals surface area contributed by atoms with Gasteiger partial charge in [-0.3, -0.25) is 4.90 Å². The van der Waals surface area contributed by atoms with E-state index < -0.39 is 5.60 Å². The monoisotopic (exact) mass is 161 g/mol. The fourth-order valence-corrected chi connectivity index (χ4v) is 1.30. The number of aliphatic hydroxyl groups is 1. The molecule has 1 saturated heterocycles. The van der Waals surface area contributed by atoms with Crippen LogP contribution in [0.2, 0.25) is 0 Å². The summed E-state index contributed by atoms with van der Waals surface area (Å²) < 4.78 is 0. The lowest BCUT2D eigenvalue weighted by molar-refractivity contribution is -0.103. The summed E-state index contributed by atoms with van der Waals surface area (Å²) in [5.41, 5.74) is -0.472. The first-order valence-corrected chi connectivity index (χ1v) is 3.96. The van der Waals surface area contributed by atoms with Crippen LogP contribution in [0.15, 0.2) is 0 Å². The first-order chi connectivity index (χ1) is 4.31. The smallest absolute Gasteiger partial charge is 0.0873 e. The van der Waals surface area contributed by atoms with Crippen molar-refractivity contribution in [3.05, 3.63) is 0 Å². The number of rotatable bonds is 1. The molecule has 0 aromatic carbocycles. The minimum Gasteiger partial charge on any atom is -0.388 e. The van der Waals surface area contributed by atoms with Gasteiger partial charge in [-0.25, -0.2) is 0 Å². The fraction of sp³-hybridized carbons (Fsp3) is 1.00. The van der Waals surface area contributed by atoms with E-state index in [1.807, 2.05) is 20.8 Å². The Labute approximate surface area is 67.6 Å². The van der Waals surface area contributed by atoms with E-state index in [1.165, 1.54) is 0 Å². The van der Waals surface area contributed by atoms with Crippen LogP contribution < -0.4 is 0 Å². The predicted octanol–water partition coefficient (Wildman–Crippen LogP) is 0.719. The van der Waals surface area contributed by atoms with Crippen LogP contribution in [-0.2, 0) is 0 Å². The zero-order valence-electron chi connectivity index (χ0n) is 6.76. The highest BCUT2D eigenvalue weighted by Crippen LogP contribution is 2.30. The SMILES string of the molecule is CC1(O)CN(C(C)(C)S)C1. The molecule has 0 bridgehead atoms. The summed E-state index contributed by atoms with van der Waals surface area (Å²) in [6.07, 6.45) is 0. The molecule has 0 aromatic rings. The van der Waals surface area contributed by atoms with E-state index in [2.05, 4.69) is 17.5 Å². The Balaban J connectivity index is 2.40. The van der Waals surface area contributed by atoms with Gasteiger partial charge in [0.15, 0.2) is 0 Å². The minimum atomic E-state index is -0.472. The molecule has 0 aromatic heterocycles. The van der Waals surface area contributed by atoms with Crippen molar-refractivity contribution < 1.29 is 5.11 Å². The largest absolute Gasteiger partial charge is 0.388 e. The Morgan fingerprint density at radius 2 is 1.90 bits per heavy atom. The summed E-state index contributed by atoms with van der Waals surface area (Å²) in [5.74, 6) is 0. The van der Waals surface area contributed by atoms with Gasteiger partial charge >= 0.3 is 0 Å². The van der Waals surface area contributed by atoms with Gasteiger partial charge in [-0.05, 0) is 20.8 Å². The number of hydrogen-bond acceptors (Lipinski definition) is 3. The van der Waals surface area contributed by atoms with Crippen molar-refractivity contribution in [2.45, 2.75) is 31.2 Å². The molecule has 0 unspecified atom stereocenters. The highest BCUT2D eigenvalue weighted by Gasteiger charge is 2.42. The molecule has 0 atom stereocenters. The van der Waals surface area contributed by atoms with E-state index in [-0.39, 0.29) is 4.87 Å². The van der Waals surface area contributed by atoms with E-state index in [1.54, 1.807) is 0 Å². The second-order valence-electron chi connectivity index (χ2n) is 3.85. The molecule has 1 aliphatic heterocycles. The molecule has 0 aliphatic carbocycles. The molecule has 0 radical (unpaired) electrons. The average Bonchev–Trinajstić information content (AvgIpc) is 1.56. The maximum absolute atomic E-state index is 9.37. The number of β-amino-alcohol motifs (C(OH)–C–C–N with tert-alkyl or cyclic N) is 1. The van der Waals surface area contributed by atoms with Gasteiger partial charge < -0.3 is 5.11 Å². The zero-order chi connectivity index (χ0) is 7.99. The Bertz CT molecular complexity index is 131. The summed E-state index contributed by atoms with van der Waals surface area (Å²) in [6.45, 7) is 7.40. The van der Waals surface area contributed by atoms with Crippen LogP contribution in [0.25, 0.3) is 0 Å². The zero-order valence-corrected chi connectivity index (χ0v) is 7.65. The molecule has 0 saturated carbocycles. The molecule has 0 spiro atoms. The molecule has 1 fully saturated rings. The average molecular weight is 161 g/mol. The van der Waals surface area contributed by atoms with Crippen LogP contribution in [0, 0.1) is 0 Å². The van der Waals surface area contributed by atoms with E-state index in [9.17, 15) is 5.11 Å². The Kier molecular flexibility index (Phi) is 1.78. The van der Waals surface area contributed by atoms with Crippen molar-refractivity contribution in [3.63, 3.8) is 0 Å². The van der Waals surface area contributed by atoms with Crippen molar-refractivity contribution >= 4 is 12.6 Å². The lowest BCUT2D eigenvalue weighted by Crippen LogP contribution is -2.64. The van der Waals surface area contributed by atoms with E-state index >= 15 is 0 Å². The topological polar surface area (TPSA) is 23.5 Å². The van der Waals surface area contributed by atoms with Crippen LogP contribution in [0.3, 0.4) is 0 Å². The number of nitrogens with zero attached hydrogens (tertiary/aromatic N) is 1. The Morgan fingerprint density at radius 3 is 2.00 bits per heavy atom. The van der Waals surface area contributed by atoms with Crippen molar-refractivity contribution in [1.29, 1.82) is 0 Å². The van der Waals surface area contributed by atoms with Crippen LogP contribution in [0.1, 0.15) is 20.8 Å². The van der Waals surface area contributed by atoms with Gasteiger partial charge in [0.25, 0.3) is 0 Å². The number of thiol groups is 1. The number of likely N-dealkylation sites (tertiary alicyclic amines) is 1. The minimum absolute atomic E-state index is 0.0811. The van der Waals surface area contributed by atoms with Crippen molar-refractivity contribution in [2.75, 3.05) is 13.1 Å². The third-order valence-electron chi connectivity index (χ3n) is 1.84. The van der Waals surface area contributed by atoms with Crippen LogP contribution in [0.5, 0.6) is 0 Å². The summed E-state index contributed by atoms with van der Waals surface area (Å²) in [5, 5.41) is 9.37. The first kappa shape index (κ1) is 8.37. The van der Waals surface area contributed by atoms with E-state index in [0.717, 1.165) is 13.1 Å². The van der Waals surface area contributed by atoms with Crippen molar-refractivity contribution in [3.8, 4) is 0 Å². The third kappa shape index (κ3) is 1.65. The van der Waals surface area contributed by atoms with Gasteiger partial charge in [0.2, 0.25) is 0 Å². The van der Waals surface area contributed by atoms with Gasteiger partial charge in [-0.1, -0.05) is 0 Å². The predicted molar refractivity (Wildman–Crippen MR) is 45.3 cm³/mol. The van der Waals surface area contributed by atoms with Crippen molar-refractivity contribution in [1.82, 2.24) is 4.90 Å². The third-order valence-corrected chi connectivity index (χ3v) is 2.12.